The van der Waals surface area contributed by atoms with Crippen LogP contribution >= 0.6 is 11.8 Å². The molecule has 7 heteroatoms. The Morgan fingerprint density at radius 1 is 1.40 bits per heavy atom. The molecule has 0 heterocycles. The first kappa shape index (κ1) is 16.4. The number of alkyl halides is 3. The zero-order valence-corrected chi connectivity index (χ0v) is 11.4. The summed E-state index contributed by atoms with van der Waals surface area (Å²) in [6.45, 7) is 0. The van der Waals surface area contributed by atoms with Crippen molar-refractivity contribution in [2.75, 3.05) is 16.8 Å². The number of unbranched alkanes of at least 4 members (excludes halogenated alkanes) is 1. The number of carbonyl (C=O) groups excluding carboxylic acids is 1. The first-order chi connectivity index (χ1) is 9.43. The quantitative estimate of drug-likeness (QED) is 0.816. The fourth-order valence-electron chi connectivity index (χ4n) is 1.39. The number of nitrogens with zero attached hydrogens (tertiary/aromatic N) is 1. The monoisotopic (exact) mass is 302 g/mol. The van der Waals surface area contributed by atoms with Crippen molar-refractivity contribution in [2.24, 2.45) is 0 Å². The van der Waals surface area contributed by atoms with E-state index in [-0.39, 0.29) is 17.3 Å². The highest BCUT2D eigenvalue weighted by atomic mass is 32.2. The second-order valence-corrected chi connectivity index (χ2v) is 5.05. The number of nitriles is 1. The zero-order valence-electron chi connectivity index (χ0n) is 10.5. The lowest BCUT2D eigenvalue weighted by molar-refractivity contribution is -0.137. The normalized spacial score (nSPS) is 10.9. The Kier molecular flexibility index (Phi) is 6.39. The number of halogens is 3. The van der Waals surface area contributed by atoms with Crippen LogP contribution in [0.5, 0.6) is 0 Å². The van der Waals surface area contributed by atoms with E-state index in [1.54, 1.807) is 0 Å². The molecule has 108 valence electrons. The third-order valence-corrected chi connectivity index (χ3v) is 3.33. The van der Waals surface area contributed by atoms with Gasteiger partial charge in [-0.2, -0.15) is 30.2 Å². The average molecular weight is 302 g/mol. The molecule has 0 unspecified atom stereocenters. The Morgan fingerprint density at radius 2 is 2.15 bits per heavy atom. The van der Waals surface area contributed by atoms with E-state index in [1.165, 1.54) is 23.9 Å². The fraction of sp³-hybridized carbons (Fsp3) is 0.385. The molecule has 1 rings (SSSR count). The predicted octanol–water partition coefficient (Wildman–Crippen LogP) is 3.68. The molecule has 0 spiro atoms. The molecule has 1 aromatic carbocycles. The van der Waals surface area contributed by atoms with Crippen LogP contribution in [-0.4, -0.2) is 17.4 Å². The summed E-state index contributed by atoms with van der Waals surface area (Å²) in [7, 11) is 0. The second kappa shape index (κ2) is 7.80. The lowest BCUT2D eigenvalue weighted by Crippen LogP contribution is -2.15. The van der Waals surface area contributed by atoms with Crippen molar-refractivity contribution in [1.29, 1.82) is 5.26 Å². The first-order valence-electron chi connectivity index (χ1n) is 5.85. The number of benzene rings is 1. The van der Waals surface area contributed by atoms with Gasteiger partial charge in [-0.15, -0.1) is 0 Å². The van der Waals surface area contributed by atoms with E-state index >= 15 is 0 Å². The largest absolute Gasteiger partial charge is 0.416 e. The van der Waals surface area contributed by atoms with Gasteiger partial charge >= 0.3 is 6.18 Å². The van der Waals surface area contributed by atoms with Gasteiger partial charge in [0.05, 0.1) is 17.4 Å². The Balaban J connectivity index is 2.44. The SMILES string of the molecule is N#CCCCSCC(=O)Nc1cccc(C(F)(F)F)c1. The zero-order chi connectivity index (χ0) is 15.0. The van der Waals surface area contributed by atoms with Gasteiger partial charge in [0, 0.05) is 12.1 Å². The van der Waals surface area contributed by atoms with Crippen molar-refractivity contribution >= 4 is 23.4 Å². The number of hydrogen-bond donors (Lipinski definition) is 1. The lowest BCUT2D eigenvalue weighted by Gasteiger charge is -2.09. The molecule has 0 aliphatic carbocycles. The van der Waals surface area contributed by atoms with Gasteiger partial charge in [0.15, 0.2) is 0 Å². The maximum absolute atomic E-state index is 12.5. The van der Waals surface area contributed by atoms with E-state index in [9.17, 15) is 18.0 Å². The van der Waals surface area contributed by atoms with E-state index in [4.69, 9.17) is 5.26 Å². The molecule has 0 bridgehead atoms. The highest BCUT2D eigenvalue weighted by Gasteiger charge is 2.30. The highest BCUT2D eigenvalue weighted by molar-refractivity contribution is 7.99. The maximum Gasteiger partial charge on any atom is 0.416 e. The predicted molar refractivity (Wildman–Crippen MR) is 72.2 cm³/mol. The number of anilines is 1. The topological polar surface area (TPSA) is 52.9 Å². The van der Waals surface area contributed by atoms with Gasteiger partial charge < -0.3 is 5.32 Å². The Hall–Kier alpha value is -1.68. The molecule has 3 nitrogen and oxygen atoms in total. The molecular formula is C13H13F3N2OS. The molecule has 0 fully saturated rings. The molecular weight excluding hydrogens is 289 g/mol. The number of hydrogen-bond acceptors (Lipinski definition) is 3. The van der Waals surface area contributed by atoms with Gasteiger partial charge in [-0.3, -0.25) is 4.79 Å². The van der Waals surface area contributed by atoms with E-state index in [0.717, 1.165) is 12.1 Å². The average Bonchev–Trinajstić information content (AvgIpc) is 2.38. The van der Waals surface area contributed by atoms with Crippen LogP contribution in [0.25, 0.3) is 0 Å². The third-order valence-electron chi connectivity index (χ3n) is 2.28. The second-order valence-electron chi connectivity index (χ2n) is 3.94. The highest BCUT2D eigenvalue weighted by Crippen LogP contribution is 2.30. The molecule has 0 aliphatic rings. The van der Waals surface area contributed by atoms with Gasteiger partial charge in [-0.1, -0.05) is 6.07 Å². The van der Waals surface area contributed by atoms with Crippen molar-refractivity contribution in [1.82, 2.24) is 0 Å². The maximum atomic E-state index is 12.5. The summed E-state index contributed by atoms with van der Waals surface area (Å²) in [4.78, 5) is 11.5. The van der Waals surface area contributed by atoms with Crippen LogP contribution in [0.1, 0.15) is 18.4 Å². The van der Waals surface area contributed by atoms with E-state index in [0.29, 0.717) is 18.6 Å². The van der Waals surface area contributed by atoms with Gasteiger partial charge in [0.2, 0.25) is 5.91 Å². The number of rotatable bonds is 6. The molecule has 20 heavy (non-hydrogen) atoms. The van der Waals surface area contributed by atoms with Crippen molar-refractivity contribution in [3.8, 4) is 6.07 Å². The molecule has 0 saturated heterocycles. The minimum absolute atomic E-state index is 0.127. The summed E-state index contributed by atoms with van der Waals surface area (Å²) in [6.07, 6.45) is -3.30. The van der Waals surface area contributed by atoms with Crippen molar-refractivity contribution < 1.29 is 18.0 Å². The summed E-state index contributed by atoms with van der Waals surface area (Å²) in [6, 6.07) is 6.51. The Morgan fingerprint density at radius 3 is 2.80 bits per heavy atom. The lowest BCUT2D eigenvalue weighted by atomic mass is 10.2. The summed E-state index contributed by atoms with van der Waals surface area (Å²) >= 11 is 1.34. The smallest absolute Gasteiger partial charge is 0.325 e. The fourth-order valence-corrected chi connectivity index (χ4v) is 2.14. The van der Waals surface area contributed by atoms with Crippen LogP contribution in [0.15, 0.2) is 24.3 Å². The van der Waals surface area contributed by atoms with Gasteiger partial charge in [0.25, 0.3) is 0 Å². The molecule has 1 aromatic rings. The molecule has 1 amide bonds. The standard InChI is InChI=1S/C13H13F3N2OS/c14-13(15,16)10-4-3-5-11(8-10)18-12(19)9-20-7-2-1-6-17/h3-5,8H,1-2,7,9H2,(H,18,19). The van der Waals surface area contributed by atoms with Gasteiger partial charge in [0.1, 0.15) is 0 Å². The first-order valence-corrected chi connectivity index (χ1v) is 7.01. The summed E-state index contributed by atoms with van der Waals surface area (Å²) in [5.74, 6) is 0.469. The Labute approximate surface area is 119 Å². The van der Waals surface area contributed by atoms with Crippen LogP contribution < -0.4 is 5.32 Å². The molecule has 0 aromatic heterocycles. The minimum atomic E-state index is -4.42. The Bertz CT molecular complexity index is 497. The number of carbonyl (C=O) groups is 1. The van der Waals surface area contributed by atoms with Crippen LogP contribution in [0.2, 0.25) is 0 Å². The van der Waals surface area contributed by atoms with Crippen LogP contribution in [0, 0.1) is 11.3 Å². The molecule has 0 saturated carbocycles. The van der Waals surface area contributed by atoms with Gasteiger partial charge in [-0.25, -0.2) is 0 Å². The number of thioether (sulfide) groups is 1. The minimum Gasteiger partial charge on any atom is -0.325 e. The molecule has 0 aliphatic heterocycles. The third kappa shape index (κ3) is 5.97. The van der Waals surface area contributed by atoms with Crippen LogP contribution in [0.3, 0.4) is 0 Å². The van der Waals surface area contributed by atoms with Crippen molar-refractivity contribution in [2.45, 2.75) is 19.0 Å². The summed E-state index contributed by atoms with van der Waals surface area (Å²) < 4.78 is 37.4. The van der Waals surface area contributed by atoms with Crippen molar-refractivity contribution in [3.63, 3.8) is 0 Å². The van der Waals surface area contributed by atoms with E-state index in [2.05, 4.69) is 5.32 Å². The van der Waals surface area contributed by atoms with Crippen LogP contribution in [-0.2, 0) is 11.0 Å². The summed E-state index contributed by atoms with van der Waals surface area (Å²) in [5, 5.41) is 10.8. The van der Waals surface area contributed by atoms with Crippen LogP contribution in [0.4, 0.5) is 18.9 Å². The van der Waals surface area contributed by atoms with Crippen molar-refractivity contribution in [3.05, 3.63) is 29.8 Å². The van der Waals surface area contributed by atoms with E-state index < -0.39 is 11.7 Å². The molecule has 0 radical (unpaired) electrons. The number of amides is 1. The van der Waals surface area contributed by atoms with Gasteiger partial charge in [-0.05, 0) is 30.4 Å². The number of nitrogens with one attached hydrogen (secondary N) is 1. The summed E-state index contributed by atoms with van der Waals surface area (Å²) in [5.41, 5.74) is -0.667. The van der Waals surface area contributed by atoms with E-state index in [1.807, 2.05) is 6.07 Å². The molecule has 1 N–H and O–H groups in total. The molecule has 0 atom stereocenters.